The Morgan fingerprint density at radius 1 is 1.00 bits per heavy atom. The molecule has 0 unspecified atom stereocenters. The van der Waals surface area contributed by atoms with Gasteiger partial charge in [0.1, 0.15) is 5.75 Å². The van der Waals surface area contributed by atoms with E-state index in [2.05, 4.69) is 11.4 Å². The van der Waals surface area contributed by atoms with Gasteiger partial charge in [-0.15, -0.1) is 11.3 Å². The largest absolute Gasteiger partial charge is 0.497 e. The third kappa shape index (κ3) is 3.37. The lowest BCUT2D eigenvalue weighted by Crippen LogP contribution is -2.22. The molecule has 0 saturated heterocycles. The summed E-state index contributed by atoms with van der Waals surface area (Å²) in [5.74, 6) is 0.392. The first kappa shape index (κ1) is 18.6. The van der Waals surface area contributed by atoms with E-state index in [0.717, 1.165) is 34.6 Å². The van der Waals surface area contributed by atoms with Gasteiger partial charge >= 0.3 is 0 Å². The molecule has 4 aromatic rings. The van der Waals surface area contributed by atoms with Gasteiger partial charge in [0.15, 0.2) is 5.13 Å². The minimum atomic E-state index is -0.386. The van der Waals surface area contributed by atoms with Crippen molar-refractivity contribution in [3.05, 3.63) is 100 Å². The van der Waals surface area contributed by atoms with Gasteiger partial charge in [0.05, 0.1) is 18.7 Å². The summed E-state index contributed by atoms with van der Waals surface area (Å²) in [5, 5.41) is 3.71. The van der Waals surface area contributed by atoms with E-state index in [-0.39, 0.29) is 11.8 Å². The van der Waals surface area contributed by atoms with Crippen LogP contribution in [0, 0.1) is 0 Å². The van der Waals surface area contributed by atoms with Gasteiger partial charge in [0.2, 0.25) is 5.91 Å². The summed E-state index contributed by atoms with van der Waals surface area (Å²) in [6, 6.07) is 25.8. The Labute approximate surface area is 179 Å². The molecule has 5 rings (SSSR count). The molecule has 0 saturated carbocycles. The monoisotopic (exact) mass is 412 g/mol. The maximum Gasteiger partial charge on any atom is 0.238 e. The van der Waals surface area contributed by atoms with Crippen molar-refractivity contribution in [1.29, 1.82) is 0 Å². The van der Waals surface area contributed by atoms with Crippen molar-refractivity contribution in [3.8, 4) is 17.0 Å². The van der Waals surface area contributed by atoms with Crippen LogP contribution in [0.3, 0.4) is 0 Å². The third-order valence-corrected chi connectivity index (χ3v) is 6.34. The van der Waals surface area contributed by atoms with Crippen molar-refractivity contribution in [1.82, 2.24) is 4.98 Å². The summed E-state index contributed by atoms with van der Waals surface area (Å²) < 4.78 is 5.33. The zero-order valence-corrected chi connectivity index (χ0v) is 17.3. The van der Waals surface area contributed by atoms with Crippen molar-refractivity contribution in [2.24, 2.45) is 0 Å². The van der Waals surface area contributed by atoms with E-state index in [1.165, 1.54) is 10.4 Å². The second-order valence-corrected chi connectivity index (χ2v) is 8.32. The number of carbonyl (C=O) groups is 1. The van der Waals surface area contributed by atoms with Crippen LogP contribution >= 0.6 is 11.3 Å². The fraction of sp³-hybridized carbons (Fsp3) is 0.120. The summed E-state index contributed by atoms with van der Waals surface area (Å²) in [6.45, 7) is 0. The smallest absolute Gasteiger partial charge is 0.238 e. The van der Waals surface area contributed by atoms with Crippen LogP contribution in [-0.2, 0) is 11.2 Å². The molecule has 1 aromatic heterocycles. The van der Waals surface area contributed by atoms with Crippen LogP contribution in [0.25, 0.3) is 11.3 Å². The average molecular weight is 413 g/mol. The van der Waals surface area contributed by atoms with Crippen LogP contribution in [0.5, 0.6) is 5.75 Å². The van der Waals surface area contributed by atoms with Crippen molar-refractivity contribution >= 4 is 22.4 Å². The van der Waals surface area contributed by atoms with Gasteiger partial charge in [0.25, 0.3) is 0 Å². The average Bonchev–Trinajstić information content (AvgIpc) is 3.32. The Balaban J connectivity index is 1.44. The zero-order valence-electron chi connectivity index (χ0n) is 16.5. The second-order valence-electron chi connectivity index (χ2n) is 7.23. The SMILES string of the molecule is COc1ccc2c(c1)Cc1sc(NC(=O)C(c3ccccc3)c3ccccc3)nc1-2. The van der Waals surface area contributed by atoms with Crippen molar-refractivity contribution in [2.45, 2.75) is 12.3 Å². The molecule has 1 heterocycles. The minimum Gasteiger partial charge on any atom is -0.497 e. The van der Waals surface area contributed by atoms with E-state index >= 15 is 0 Å². The number of ether oxygens (including phenoxy) is 1. The number of benzene rings is 3. The number of rotatable bonds is 5. The normalized spacial score (nSPS) is 11.8. The number of fused-ring (bicyclic) bond motifs is 3. The van der Waals surface area contributed by atoms with Gasteiger partial charge in [-0.1, -0.05) is 60.7 Å². The third-order valence-electron chi connectivity index (χ3n) is 5.37. The molecule has 1 N–H and O–H groups in total. The number of nitrogens with one attached hydrogen (secondary N) is 1. The molecule has 0 aliphatic heterocycles. The Bertz CT molecular complexity index is 1160. The highest BCUT2D eigenvalue weighted by atomic mass is 32.1. The Morgan fingerprint density at radius 3 is 2.30 bits per heavy atom. The quantitative estimate of drug-likeness (QED) is 0.415. The molecular formula is C25H20N2O2S. The van der Waals surface area contributed by atoms with Crippen LogP contribution in [0.15, 0.2) is 78.9 Å². The number of hydrogen-bond donors (Lipinski definition) is 1. The van der Waals surface area contributed by atoms with Gasteiger partial charge in [-0.2, -0.15) is 0 Å². The standard InChI is InChI=1S/C25H20N2O2S/c1-29-19-12-13-20-18(14-19)15-21-23(20)26-25(30-21)27-24(28)22(16-8-4-2-5-9-16)17-10-6-3-7-11-17/h2-14,22H,15H2,1H3,(H,26,27,28). The molecule has 30 heavy (non-hydrogen) atoms. The van der Waals surface area contributed by atoms with Crippen LogP contribution < -0.4 is 10.1 Å². The van der Waals surface area contributed by atoms with Crippen LogP contribution in [0.4, 0.5) is 5.13 Å². The van der Waals surface area contributed by atoms with Crippen molar-refractivity contribution in [3.63, 3.8) is 0 Å². The number of carbonyl (C=O) groups excluding carboxylic acids is 1. The first-order chi connectivity index (χ1) is 14.7. The summed E-state index contributed by atoms with van der Waals surface area (Å²) in [7, 11) is 1.67. The van der Waals surface area contributed by atoms with Crippen molar-refractivity contribution < 1.29 is 9.53 Å². The van der Waals surface area contributed by atoms with E-state index in [1.54, 1.807) is 18.4 Å². The maximum absolute atomic E-state index is 13.3. The highest BCUT2D eigenvalue weighted by molar-refractivity contribution is 7.16. The molecule has 1 amide bonds. The predicted molar refractivity (Wildman–Crippen MR) is 120 cm³/mol. The summed E-state index contributed by atoms with van der Waals surface area (Å²) >= 11 is 1.54. The molecule has 0 atom stereocenters. The van der Waals surface area contributed by atoms with Gasteiger partial charge in [-0.05, 0) is 34.9 Å². The lowest BCUT2D eigenvalue weighted by Gasteiger charge is -2.17. The topological polar surface area (TPSA) is 51.2 Å². The lowest BCUT2D eigenvalue weighted by molar-refractivity contribution is -0.116. The number of thiazole rings is 1. The summed E-state index contributed by atoms with van der Waals surface area (Å²) in [5.41, 5.74) is 5.21. The molecule has 4 nitrogen and oxygen atoms in total. The van der Waals surface area contributed by atoms with Crippen LogP contribution in [0.1, 0.15) is 27.5 Å². The molecule has 1 aliphatic rings. The highest BCUT2D eigenvalue weighted by Crippen LogP contribution is 2.42. The first-order valence-electron chi connectivity index (χ1n) is 9.80. The number of hydrogen-bond acceptors (Lipinski definition) is 4. The maximum atomic E-state index is 13.3. The Hall–Kier alpha value is -3.44. The fourth-order valence-corrected chi connectivity index (χ4v) is 4.95. The molecule has 3 aromatic carbocycles. The molecule has 0 fully saturated rings. The number of amides is 1. The van der Waals surface area contributed by atoms with Gasteiger partial charge in [-0.3, -0.25) is 4.79 Å². The highest BCUT2D eigenvalue weighted by Gasteiger charge is 2.27. The molecule has 1 aliphatic carbocycles. The lowest BCUT2D eigenvalue weighted by atomic mass is 9.90. The number of anilines is 1. The molecular weight excluding hydrogens is 392 g/mol. The first-order valence-corrected chi connectivity index (χ1v) is 10.6. The van der Waals surface area contributed by atoms with Crippen LogP contribution in [0.2, 0.25) is 0 Å². The second kappa shape index (κ2) is 7.76. The van der Waals surface area contributed by atoms with E-state index in [1.807, 2.05) is 72.8 Å². The Kier molecular flexibility index (Phi) is 4.81. The van der Waals surface area contributed by atoms with E-state index < -0.39 is 0 Å². The number of methoxy groups -OCH3 is 1. The van der Waals surface area contributed by atoms with Gasteiger partial charge < -0.3 is 10.1 Å². The molecule has 0 radical (unpaired) electrons. The number of nitrogens with zero attached hydrogens (tertiary/aromatic N) is 1. The van der Waals surface area contributed by atoms with E-state index in [9.17, 15) is 4.79 Å². The van der Waals surface area contributed by atoms with Crippen LogP contribution in [-0.4, -0.2) is 18.0 Å². The minimum absolute atomic E-state index is 0.0743. The molecule has 148 valence electrons. The molecule has 0 spiro atoms. The summed E-state index contributed by atoms with van der Waals surface area (Å²) in [6.07, 6.45) is 0.816. The molecule has 0 bridgehead atoms. The fourth-order valence-electron chi connectivity index (χ4n) is 3.95. The zero-order chi connectivity index (χ0) is 20.5. The van der Waals surface area contributed by atoms with Crippen molar-refractivity contribution in [2.75, 3.05) is 12.4 Å². The summed E-state index contributed by atoms with van der Waals surface area (Å²) in [4.78, 5) is 19.2. The van der Waals surface area contributed by atoms with E-state index in [4.69, 9.17) is 9.72 Å². The van der Waals surface area contributed by atoms with Gasteiger partial charge in [0, 0.05) is 16.9 Å². The Morgan fingerprint density at radius 2 is 1.67 bits per heavy atom. The van der Waals surface area contributed by atoms with E-state index in [0.29, 0.717) is 5.13 Å². The molecule has 5 heteroatoms. The predicted octanol–water partition coefficient (Wildman–Crippen LogP) is 5.49. The number of aromatic nitrogens is 1. The van der Waals surface area contributed by atoms with Gasteiger partial charge in [-0.25, -0.2) is 4.98 Å².